The van der Waals surface area contributed by atoms with Crippen molar-refractivity contribution in [3.8, 4) is 0 Å². The first-order chi connectivity index (χ1) is 14.0. The number of carbonyl (C=O) groups is 3. The number of amides is 2. The van der Waals surface area contributed by atoms with Crippen molar-refractivity contribution >= 4 is 17.8 Å². The maximum atomic E-state index is 12.1. The number of carboxylic acids is 1. The fourth-order valence-corrected chi connectivity index (χ4v) is 4.17. The Hall–Kier alpha value is -2.15. The molecule has 0 aromatic carbocycles. The predicted molar refractivity (Wildman–Crippen MR) is 110 cm³/mol. The van der Waals surface area contributed by atoms with Gasteiger partial charge in [-0.1, -0.05) is 38.0 Å². The monoisotopic (exact) mass is 406 g/mol. The number of hydrogen-bond acceptors (Lipinski definition) is 4. The average molecular weight is 407 g/mol. The molecule has 29 heavy (non-hydrogen) atoms. The van der Waals surface area contributed by atoms with E-state index in [0.717, 1.165) is 44.6 Å². The Labute approximate surface area is 173 Å². The molecule has 2 aliphatic rings. The predicted octanol–water partition coefficient (Wildman–Crippen LogP) is 2.57. The third kappa shape index (κ3) is 8.01. The third-order valence-electron chi connectivity index (χ3n) is 5.69. The van der Waals surface area contributed by atoms with E-state index < -0.39 is 5.97 Å². The summed E-state index contributed by atoms with van der Waals surface area (Å²) in [6.45, 7) is 2.67. The molecule has 0 unspecified atom stereocenters. The van der Waals surface area contributed by atoms with Gasteiger partial charge in [0.2, 0.25) is 11.8 Å². The summed E-state index contributed by atoms with van der Waals surface area (Å²) in [5.41, 5.74) is 0. The minimum atomic E-state index is -0.937. The highest BCUT2D eigenvalue weighted by Crippen LogP contribution is 2.44. The molecule has 7 nitrogen and oxygen atoms in total. The van der Waals surface area contributed by atoms with Gasteiger partial charge in [0.15, 0.2) is 0 Å². The molecule has 162 valence electrons. The second kappa shape index (κ2) is 12.4. The number of fused-ring (bicyclic) bond motifs is 2. The Bertz CT molecular complexity index is 616. The fourth-order valence-electron chi connectivity index (χ4n) is 4.17. The van der Waals surface area contributed by atoms with E-state index in [1.54, 1.807) is 6.08 Å². The lowest BCUT2D eigenvalue weighted by Gasteiger charge is -2.27. The smallest absolute Gasteiger partial charge is 0.327 e. The van der Waals surface area contributed by atoms with Crippen molar-refractivity contribution in [2.24, 2.45) is 11.8 Å². The molecule has 2 fully saturated rings. The van der Waals surface area contributed by atoms with Crippen molar-refractivity contribution < 1.29 is 24.2 Å². The largest absolute Gasteiger partial charge is 0.478 e. The number of unbranched alkanes of at least 4 members (excludes halogenated alkanes) is 2. The third-order valence-corrected chi connectivity index (χ3v) is 5.69. The van der Waals surface area contributed by atoms with E-state index in [1.165, 1.54) is 0 Å². The van der Waals surface area contributed by atoms with Gasteiger partial charge in [-0.3, -0.25) is 9.59 Å². The molecule has 2 amide bonds. The van der Waals surface area contributed by atoms with E-state index in [-0.39, 0.29) is 36.5 Å². The van der Waals surface area contributed by atoms with Crippen LogP contribution in [0.2, 0.25) is 0 Å². The number of ether oxygens (including phenoxy) is 1. The van der Waals surface area contributed by atoms with Crippen LogP contribution in [0.15, 0.2) is 24.3 Å². The van der Waals surface area contributed by atoms with Crippen LogP contribution < -0.4 is 10.6 Å². The second-order valence-corrected chi connectivity index (χ2v) is 7.84. The van der Waals surface area contributed by atoms with Crippen LogP contribution in [-0.2, 0) is 19.1 Å². The van der Waals surface area contributed by atoms with Crippen LogP contribution >= 0.6 is 0 Å². The molecule has 2 heterocycles. The summed E-state index contributed by atoms with van der Waals surface area (Å²) in [7, 11) is 0. The van der Waals surface area contributed by atoms with Crippen molar-refractivity contribution in [3.05, 3.63) is 24.3 Å². The van der Waals surface area contributed by atoms with Gasteiger partial charge in [-0.25, -0.2) is 4.79 Å². The van der Waals surface area contributed by atoms with Crippen LogP contribution in [0.5, 0.6) is 0 Å². The van der Waals surface area contributed by atoms with Crippen molar-refractivity contribution in [1.29, 1.82) is 0 Å². The summed E-state index contributed by atoms with van der Waals surface area (Å²) < 4.78 is 6.05. The minimum absolute atomic E-state index is 0.0209. The van der Waals surface area contributed by atoms with Crippen LogP contribution in [-0.4, -0.2) is 48.2 Å². The zero-order chi connectivity index (χ0) is 21.1. The van der Waals surface area contributed by atoms with E-state index in [2.05, 4.69) is 23.6 Å². The summed E-state index contributed by atoms with van der Waals surface area (Å²) in [6, 6.07) is 0. The maximum absolute atomic E-state index is 12.1. The summed E-state index contributed by atoms with van der Waals surface area (Å²) in [5.74, 6) is -0.538. The topological polar surface area (TPSA) is 105 Å². The maximum Gasteiger partial charge on any atom is 0.327 e. The van der Waals surface area contributed by atoms with Gasteiger partial charge >= 0.3 is 5.97 Å². The lowest BCUT2D eigenvalue weighted by Crippen LogP contribution is -2.42. The zero-order valence-electron chi connectivity index (χ0n) is 17.3. The van der Waals surface area contributed by atoms with E-state index in [1.807, 2.05) is 6.08 Å². The highest BCUT2D eigenvalue weighted by atomic mass is 16.5. The number of aliphatic carboxylic acids is 1. The SMILES string of the molecule is CCCCCC(=O)NCC(=O)NC[C@H]1[C@@H](C/C=C\CC=CC(=O)O)[C@H]2CC[C@@H]1O2. The Morgan fingerprint density at radius 2 is 1.76 bits per heavy atom. The van der Waals surface area contributed by atoms with Gasteiger partial charge in [-0.15, -0.1) is 0 Å². The Kier molecular flexibility index (Phi) is 9.91. The standard InChI is InChI=1S/C22H34N2O5/c1-2-3-6-10-20(25)24-15-21(26)23-14-17-16(18-12-13-19(17)29-18)9-7-4-5-8-11-22(27)28/h4,7-8,11,16-19H,2-3,5-6,9-10,12-15H2,1H3,(H,23,26)(H,24,25)(H,27,28)/b7-4-,11-8?/t16-,17+,18-,19+/m1/s1. The molecule has 7 heteroatoms. The molecule has 0 aromatic rings. The lowest BCUT2D eigenvalue weighted by molar-refractivity contribution is -0.131. The number of allylic oxidation sites excluding steroid dienone is 3. The average Bonchev–Trinajstić information content (AvgIpc) is 3.29. The molecule has 0 saturated carbocycles. The second-order valence-electron chi connectivity index (χ2n) is 7.84. The van der Waals surface area contributed by atoms with Gasteiger partial charge in [-0.05, 0) is 38.0 Å². The van der Waals surface area contributed by atoms with E-state index in [0.29, 0.717) is 25.3 Å². The zero-order valence-corrected chi connectivity index (χ0v) is 17.3. The highest BCUT2D eigenvalue weighted by molar-refractivity contribution is 5.84. The minimum Gasteiger partial charge on any atom is -0.478 e. The van der Waals surface area contributed by atoms with Gasteiger partial charge in [-0.2, -0.15) is 0 Å². The van der Waals surface area contributed by atoms with Crippen LogP contribution in [0.4, 0.5) is 0 Å². The lowest BCUT2D eigenvalue weighted by atomic mass is 9.77. The number of hydrogen-bond donors (Lipinski definition) is 3. The van der Waals surface area contributed by atoms with E-state index >= 15 is 0 Å². The molecule has 2 aliphatic heterocycles. The van der Waals surface area contributed by atoms with E-state index in [4.69, 9.17) is 9.84 Å². The molecule has 2 saturated heterocycles. The van der Waals surface area contributed by atoms with Gasteiger partial charge in [0, 0.05) is 25.0 Å². The Balaban J connectivity index is 1.70. The molecule has 3 N–H and O–H groups in total. The van der Waals surface area contributed by atoms with Crippen molar-refractivity contribution in [3.63, 3.8) is 0 Å². The van der Waals surface area contributed by atoms with Crippen molar-refractivity contribution in [2.75, 3.05) is 13.1 Å². The molecular formula is C22H34N2O5. The van der Waals surface area contributed by atoms with Crippen LogP contribution in [0.1, 0.15) is 58.3 Å². The van der Waals surface area contributed by atoms with Crippen LogP contribution in [0.25, 0.3) is 0 Å². The van der Waals surface area contributed by atoms with Gasteiger partial charge in [0.1, 0.15) is 0 Å². The van der Waals surface area contributed by atoms with Gasteiger partial charge in [0.05, 0.1) is 18.8 Å². The normalized spacial score (nSPS) is 25.7. The molecule has 4 atom stereocenters. The first-order valence-corrected chi connectivity index (χ1v) is 10.7. The number of nitrogens with one attached hydrogen (secondary N) is 2. The van der Waals surface area contributed by atoms with E-state index in [9.17, 15) is 14.4 Å². The molecule has 2 rings (SSSR count). The fraction of sp³-hybridized carbons (Fsp3) is 0.682. The molecule has 0 aromatic heterocycles. The summed E-state index contributed by atoms with van der Waals surface area (Å²) in [4.78, 5) is 34.3. The van der Waals surface area contributed by atoms with Crippen LogP contribution in [0.3, 0.4) is 0 Å². The van der Waals surface area contributed by atoms with Crippen molar-refractivity contribution in [2.45, 2.75) is 70.5 Å². The number of rotatable bonds is 13. The first-order valence-electron chi connectivity index (χ1n) is 10.7. The molecule has 2 bridgehead atoms. The van der Waals surface area contributed by atoms with Crippen molar-refractivity contribution in [1.82, 2.24) is 10.6 Å². The Morgan fingerprint density at radius 1 is 1.00 bits per heavy atom. The Morgan fingerprint density at radius 3 is 2.48 bits per heavy atom. The number of carboxylic acid groups (broad SMARTS) is 1. The summed E-state index contributed by atoms with van der Waals surface area (Å²) >= 11 is 0. The summed E-state index contributed by atoms with van der Waals surface area (Å²) in [6.07, 6.45) is 14.2. The quantitative estimate of drug-likeness (QED) is 0.248. The highest BCUT2D eigenvalue weighted by Gasteiger charge is 2.47. The van der Waals surface area contributed by atoms with Gasteiger partial charge < -0.3 is 20.5 Å². The van der Waals surface area contributed by atoms with Gasteiger partial charge in [0.25, 0.3) is 0 Å². The summed E-state index contributed by atoms with van der Waals surface area (Å²) in [5, 5.41) is 14.2. The molecule has 0 aliphatic carbocycles. The molecule has 0 radical (unpaired) electrons. The molecule has 0 spiro atoms. The van der Waals surface area contributed by atoms with Crippen LogP contribution in [0, 0.1) is 11.8 Å². The first kappa shape index (κ1) is 23.1. The number of carbonyl (C=O) groups excluding carboxylic acids is 2. The molecular weight excluding hydrogens is 372 g/mol.